The third-order valence-corrected chi connectivity index (χ3v) is 2.89. The van der Waals surface area contributed by atoms with Crippen LogP contribution in [0, 0.1) is 13.8 Å². The number of hydrogen-bond donors (Lipinski definition) is 4. The van der Waals surface area contributed by atoms with Gasteiger partial charge in [0, 0.05) is 6.54 Å². The fraction of sp³-hybridized carbons (Fsp3) is 0.462. The van der Waals surface area contributed by atoms with E-state index in [1.165, 1.54) is 0 Å². The lowest BCUT2D eigenvalue weighted by molar-refractivity contribution is 0.0201. The van der Waals surface area contributed by atoms with Gasteiger partial charge >= 0.3 is 5.97 Å². The number of aryl methyl sites for hydroxylation is 2. The van der Waals surface area contributed by atoms with Crippen molar-refractivity contribution in [1.82, 2.24) is 5.32 Å². The lowest BCUT2D eigenvalue weighted by atomic mass is 9.95. The Morgan fingerprint density at radius 3 is 2.17 bits per heavy atom. The Kier molecular flexibility index (Phi) is 4.84. The third kappa shape index (κ3) is 3.07. The topological polar surface area (TPSA) is 89.8 Å². The quantitative estimate of drug-likeness (QED) is 0.617. The largest absolute Gasteiger partial charge is 0.478 e. The van der Waals surface area contributed by atoms with Crippen molar-refractivity contribution < 1.29 is 20.1 Å². The summed E-state index contributed by atoms with van der Waals surface area (Å²) in [7, 11) is 1.68. The normalized spacial score (nSPS) is 14.3. The second kappa shape index (κ2) is 5.95. The molecule has 1 rings (SSSR count). The Morgan fingerprint density at radius 2 is 1.78 bits per heavy atom. The van der Waals surface area contributed by atoms with Crippen LogP contribution in [0.15, 0.2) is 12.1 Å². The molecule has 0 spiro atoms. The van der Waals surface area contributed by atoms with E-state index in [9.17, 15) is 15.0 Å². The van der Waals surface area contributed by atoms with Gasteiger partial charge in [0.2, 0.25) is 0 Å². The summed E-state index contributed by atoms with van der Waals surface area (Å²) in [5, 5.41) is 31.5. The van der Waals surface area contributed by atoms with Gasteiger partial charge in [-0.15, -0.1) is 0 Å². The first kappa shape index (κ1) is 14.6. The van der Waals surface area contributed by atoms with E-state index in [-0.39, 0.29) is 12.1 Å². The fourth-order valence-corrected chi connectivity index (χ4v) is 2.05. The van der Waals surface area contributed by atoms with E-state index < -0.39 is 18.2 Å². The number of aromatic carboxylic acids is 1. The summed E-state index contributed by atoms with van der Waals surface area (Å²) in [4.78, 5) is 11.0. The minimum atomic E-state index is -1.03. The van der Waals surface area contributed by atoms with E-state index in [1.807, 2.05) is 0 Å². The summed E-state index contributed by atoms with van der Waals surface area (Å²) in [6, 6.07) is 3.19. The van der Waals surface area contributed by atoms with Crippen molar-refractivity contribution in [2.45, 2.75) is 26.1 Å². The van der Waals surface area contributed by atoms with Gasteiger partial charge in [-0.05, 0) is 37.6 Å². The van der Waals surface area contributed by atoms with Gasteiger partial charge in [0.25, 0.3) is 0 Å². The van der Waals surface area contributed by atoms with Gasteiger partial charge in [0.1, 0.15) is 6.10 Å². The Hall–Kier alpha value is -1.43. The minimum Gasteiger partial charge on any atom is -0.478 e. The van der Waals surface area contributed by atoms with Gasteiger partial charge in [0.05, 0.1) is 11.7 Å². The molecule has 0 fully saturated rings. The Labute approximate surface area is 106 Å². The smallest absolute Gasteiger partial charge is 0.336 e. The summed E-state index contributed by atoms with van der Waals surface area (Å²) in [6.45, 7) is 3.62. The Morgan fingerprint density at radius 1 is 1.28 bits per heavy atom. The van der Waals surface area contributed by atoms with Crippen molar-refractivity contribution in [3.8, 4) is 0 Å². The molecule has 4 N–H and O–H groups in total. The number of rotatable bonds is 5. The highest BCUT2D eigenvalue weighted by atomic mass is 16.4. The number of benzene rings is 1. The van der Waals surface area contributed by atoms with Crippen LogP contribution in [0.2, 0.25) is 0 Å². The molecule has 0 bridgehead atoms. The molecule has 0 aliphatic carbocycles. The van der Waals surface area contributed by atoms with Crippen LogP contribution in [0.4, 0.5) is 0 Å². The molecule has 1 aromatic rings. The molecule has 5 heteroatoms. The van der Waals surface area contributed by atoms with Crippen LogP contribution in [0.1, 0.15) is 33.2 Å². The van der Waals surface area contributed by atoms with Gasteiger partial charge in [-0.3, -0.25) is 0 Å². The van der Waals surface area contributed by atoms with Crippen molar-refractivity contribution in [3.05, 3.63) is 34.4 Å². The molecular formula is C13H19NO4. The molecule has 0 saturated carbocycles. The second-order valence-electron chi connectivity index (χ2n) is 4.40. The molecular weight excluding hydrogens is 234 g/mol. The molecule has 0 radical (unpaired) electrons. The molecule has 0 aliphatic heterocycles. The first-order valence-electron chi connectivity index (χ1n) is 5.73. The first-order valence-corrected chi connectivity index (χ1v) is 5.73. The van der Waals surface area contributed by atoms with Gasteiger partial charge in [0.15, 0.2) is 0 Å². The molecule has 100 valence electrons. The maximum atomic E-state index is 11.0. The SMILES string of the molecule is CNCC(O)C(O)c1cc(C)c(C(=O)O)c(C)c1. The summed E-state index contributed by atoms with van der Waals surface area (Å²) in [5.74, 6) is -0.984. The van der Waals surface area contributed by atoms with Crippen LogP contribution >= 0.6 is 0 Å². The van der Waals surface area contributed by atoms with Crippen LogP contribution in [0.3, 0.4) is 0 Å². The standard InChI is InChI=1S/C13H19NO4/c1-7-4-9(12(16)10(15)6-14-3)5-8(2)11(7)13(17)18/h4-5,10,12,14-16H,6H2,1-3H3,(H,17,18). The zero-order valence-electron chi connectivity index (χ0n) is 10.8. The molecule has 0 aromatic heterocycles. The number of hydrogen-bond acceptors (Lipinski definition) is 4. The second-order valence-corrected chi connectivity index (χ2v) is 4.40. The van der Waals surface area contributed by atoms with Crippen LogP contribution in [0.5, 0.6) is 0 Å². The van der Waals surface area contributed by atoms with E-state index in [4.69, 9.17) is 5.11 Å². The number of aliphatic hydroxyl groups is 2. The van der Waals surface area contributed by atoms with Crippen LogP contribution < -0.4 is 5.32 Å². The van der Waals surface area contributed by atoms with Crippen molar-refractivity contribution >= 4 is 5.97 Å². The maximum absolute atomic E-state index is 11.0. The van der Waals surface area contributed by atoms with Crippen molar-refractivity contribution in [2.24, 2.45) is 0 Å². The predicted octanol–water partition coefficient (Wildman–Crippen LogP) is 0.615. The van der Waals surface area contributed by atoms with E-state index in [1.54, 1.807) is 33.0 Å². The molecule has 0 amide bonds. The zero-order valence-corrected chi connectivity index (χ0v) is 10.8. The Bertz CT molecular complexity index is 422. The molecule has 0 aliphatic rings. The van der Waals surface area contributed by atoms with E-state index in [0.717, 1.165) is 0 Å². The number of aliphatic hydroxyl groups excluding tert-OH is 2. The number of likely N-dealkylation sites (N-methyl/N-ethyl adjacent to an activating group) is 1. The highest BCUT2D eigenvalue weighted by molar-refractivity contribution is 5.91. The van der Waals surface area contributed by atoms with Gasteiger partial charge < -0.3 is 20.6 Å². The highest BCUT2D eigenvalue weighted by Gasteiger charge is 2.20. The van der Waals surface area contributed by atoms with Crippen molar-refractivity contribution in [2.75, 3.05) is 13.6 Å². The molecule has 18 heavy (non-hydrogen) atoms. The minimum absolute atomic E-state index is 0.244. The molecule has 0 heterocycles. The summed E-state index contributed by atoms with van der Waals surface area (Å²) >= 11 is 0. The van der Waals surface area contributed by atoms with Crippen LogP contribution in [0.25, 0.3) is 0 Å². The van der Waals surface area contributed by atoms with Gasteiger partial charge in [-0.2, -0.15) is 0 Å². The average molecular weight is 253 g/mol. The van der Waals surface area contributed by atoms with Crippen molar-refractivity contribution in [1.29, 1.82) is 0 Å². The molecule has 5 nitrogen and oxygen atoms in total. The van der Waals surface area contributed by atoms with E-state index in [2.05, 4.69) is 5.32 Å². The average Bonchev–Trinajstić information content (AvgIpc) is 2.26. The number of carboxylic acids is 1. The molecule has 2 atom stereocenters. The highest BCUT2D eigenvalue weighted by Crippen LogP contribution is 2.23. The summed E-state index contributed by atoms with van der Waals surface area (Å²) < 4.78 is 0. The lowest BCUT2D eigenvalue weighted by Crippen LogP contribution is -2.29. The fourth-order valence-electron chi connectivity index (χ4n) is 2.05. The first-order chi connectivity index (χ1) is 8.38. The number of nitrogens with one attached hydrogen (secondary N) is 1. The number of carboxylic acid groups (broad SMARTS) is 1. The van der Waals surface area contributed by atoms with Crippen LogP contribution in [-0.4, -0.2) is 41.0 Å². The van der Waals surface area contributed by atoms with Crippen molar-refractivity contribution in [3.63, 3.8) is 0 Å². The van der Waals surface area contributed by atoms with Crippen LogP contribution in [-0.2, 0) is 0 Å². The molecule has 1 aromatic carbocycles. The summed E-state index contributed by atoms with van der Waals surface area (Å²) in [5.41, 5.74) is 1.92. The molecule has 2 unspecified atom stereocenters. The van der Waals surface area contributed by atoms with Gasteiger partial charge in [-0.1, -0.05) is 12.1 Å². The predicted molar refractivity (Wildman–Crippen MR) is 67.8 cm³/mol. The third-order valence-electron chi connectivity index (χ3n) is 2.89. The lowest BCUT2D eigenvalue weighted by Gasteiger charge is -2.19. The zero-order chi connectivity index (χ0) is 13.9. The van der Waals surface area contributed by atoms with E-state index >= 15 is 0 Å². The van der Waals surface area contributed by atoms with E-state index in [0.29, 0.717) is 16.7 Å². The maximum Gasteiger partial charge on any atom is 0.336 e. The van der Waals surface area contributed by atoms with Gasteiger partial charge in [-0.25, -0.2) is 4.79 Å². The Balaban J connectivity index is 3.10. The monoisotopic (exact) mass is 253 g/mol. The summed E-state index contributed by atoms with van der Waals surface area (Å²) in [6.07, 6.45) is -1.96. The molecule has 0 saturated heterocycles. The number of carbonyl (C=O) groups is 1.